The van der Waals surface area contributed by atoms with Gasteiger partial charge in [0.1, 0.15) is 0 Å². The molecule has 0 spiro atoms. The van der Waals surface area contributed by atoms with Crippen LogP contribution in [0, 0.1) is 22.0 Å². The van der Waals surface area contributed by atoms with Crippen LogP contribution in [-0.4, -0.2) is 32.9 Å². The maximum absolute atomic E-state index is 10.6. The van der Waals surface area contributed by atoms with Crippen molar-refractivity contribution in [2.75, 3.05) is 0 Å². The molecule has 6 heteroatoms. The maximum atomic E-state index is 10.6. The van der Waals surface area contributed by atoms with Gasteiger partial charge in [-0.3, -0.25) is 0 Å². The molecule has 94 valence electrons. The van der Waals surface area contributed by atoms with E-state index in [2.05, 4.69) is 0 Å². The molecule has 1 N–H and O–H groups in total. The molecule has 0 aromatic heterocycles. The van der Waals surface area contributed by atoms with E-state index < -0.39 is 10.9 Å². The number of carboxylic acids is 1. The number of carboxylic acid groups (broad SMARTS) is 1. The van der Waals surface area contributed by atoms with E-state index in [9.17, 15) is 14.9 Å². The SMILES string of the molecule is C1CC2CC12.O=C(O)c1cccc([N+](=O)[O-])c1[As]. The fraction of sp³-hybridized carbons (Fsp3) is 0.417. The van der Waals surface area contributed by atoms with Gasteiger partial charge in [0.05, 0.1) is 0 Å². The second-order valence-corrected chi connectivity index (χ2v) is 5.51. The Morgan fingerprint density at radius 3 is 2.33 bits per heavy atom. The van der Waals surface area contributed by atoms with Crippen LogP contribution in [-0.2, 0) is 0 Å². The van der Waals surface area contributed by atoms with E-state index in [0.29, 0.717) is 0 Å². The monoisotopic (exact) mass is 309 g/mol. The van der Waals surface area contributed by atoms with Crippen molar-refractivity contribution in [3.8, 4) is 0 Å². The first-order chi connectivity index (χ1) is 8.50. The van der Waals surface area contributed by atoms with E-state index in [-0.39, 0.29) is 15.6 Å². The van der Waals surface area contributed by atoms with Crippen molar-refractivity contribution in [3.63, 3.8) is 0 Å². The molecule has 3 rings (SSSR count). The van der Waals surface area contributed by atoms with Crippen molar-refractivity contribution in [3.05, 3.63) is 33.9 Å². The van der Waals surface area contributed by atoms with Crippen molar-refractivity contribution in [2.45, 2.75) is 19.3 Å². The summed E-state index contributed by atoms with van der Waals surface area (Å²) in [6, 6.07) is 3.93. The van der Waals surface area contributed by atoms with Crippen molar-refractivity contribution in [1.29, 1.82) is 0 Å². The number of rotatable bonds is 2. The standard InChI is InChI=1S/C7H4AsNO4.C5H8/c8-6-4(7(10)11)2-1-3-5(6)9(12)13;1-2-5-3-4(1)5/h1-3H,(H,10,11);4-5H,1-3H2. The molecule has 2 unspecified atom stereocenters. The molecule has 1 aromatic rings. The Balaban J connectivity index is 0.000000194. The summed E-state index contributed by atoms with van der Waals surface area (Å²) in [5, 5.41) is 19.0. The molecule has 0 heterocycles. The summed E-state index contributed by atoms with van der Waals surface area (Å²) in [7, 11) is 0. The number of hydrogen-bond donors (Lipinski definition) is 1. The summed E-state index contributed by atoms with van der Waals surface area (Å²) in [5.74, 6) is 1.30. The molecule has 0 aliphatic heterocycles. The van der Waals surface area contributed by atoms with E-state index in [1.165, 1.54) is 30.0 Å². The summed E-state index contributed by atoms with van der Waals surface area (Å²) >= 11 is 1.90. The van der Waals surface area contributed by atoms with Crippen LogP contribution in [0.25, 0.3) is 0 Å². The number of aromatic carboxylic acids is 1. The minimum absolute atomic E-state index is 0.0609. The predicted molar refractivity (Wildman–Crippen MR) is 66.3 cm³/mol. The molecule has 0 bridgehead atoms. The fourth-order valence-electron chi connectivity index (χ4n) is 2.04. The van der Waals surface area contributed by atoms with E-state index in [1.807, 2.05) is 16.9 Å². The van der Waals surface area contributed by atoms with Crippen molar-refractivity contribution >= 4 is 32.9 Å². The van der Waals surface area contributed by atoms with Gasteiger partial charge in [0.2, 0.25) is 0 Å². The molecular formula is C12H12AsNO4. The summed E-state index contributed by atoms with van der Waals surface area (Å²) in [5.41, 5.74) is -0.255. The van der Waals surface area contributed by atoms with E-state index >= 15 is 0 Å². The molecule has 1 aromatic carbocycles. The topological polar surface area (TPSA) is 80.4 Å². The van der Waals surface area contributed by atoms with Crippen molar-refractivity contribution in [2.24, 2.45) is 11.8 Å². The third-order valence-corrected chi connectivity index (χ3v) is 4.41. The zero-order valence-electron chi connectivity index (χ0n) is 9.57. The predicted octanol–water partition coefficient (Wildman–Crippen LogP) is 1.50. The molecule has 2 aliphatic carbocycles. The molecule has 2 saturated carbocycles. The quantitative estimate of drug-likeness (QED) is 0.510. The van der Waals surface area contributed by atoms with E-state index in [4.69, 9.17) is 5.11 Å². The van der Waals surface area contributed by atoms with Crippen LogP contribution in [0.1, 0.15) is 29.6 Å². The first kappa shape index (κ1) is 13.1. The Morgan fingerprint density at radius 1 is 1.39 bits per heavy atom. The van der Waals surface area contributed by atoms with Crippen LogP contribution in [0.3, 0.4) is 0 Å². The molecule has 0 amide bonds. The summed E-state index contributed by atoms with van der Waals surface area (Å²) in [6.45, 7) is 0. The average Bonchev–Trinajstić information content (AvgIpc) is 2.85. The van der Waals surface area contributed by atoms with E-state index in [0.717, 1.165) is 0 Å². The zero-order chi connectivity index (χ0) is 13.3. The number of hydrogen-bond acceptors (Lipinski definition) is 3. The molecule has 2 fully saturated rings. The van der Waals surface area contributed by atoms with Gasteiger partial charge in [-0.15, -0.1) is 0 Å². The van der Waals surface area contributed by atoms with Gasteiger partial charge >= 0.3 is 81.6 Å². The number of nitro benzene ring substituents is 1. The second kappa shape index (κ2) is 5.10. The number of nitro groups is 1. The van der Waals surface area contributed by atoms with Crippen LogP contribution < -0.4 is 4.35 Å². The first-order valence-electron chi connectivity index (χ1n) is 5.70. The number of nitrogens with zero attached hydrogens (tertiary/aromatic N) is 1. The van der Waals surface area contributed by atoms with Crippen LogP contribution in [0.4, 0.5) is 5.69 Å². The Hall–Kier alpha value is -1.35. The Labute approximate surface area is 113 Å². The van der Waals surface area contributed by atoms with Gasteiger partial charge in [-0.1, -0.05) is 0 Å². The molecule has 2 aliphatic rings. The fourth-order valence-corrected chi connectivity index (χ4v) is 2.72. The van der Waals surface area contributed by atoms with E-state index in [1.54, 1.807) is 19.3 Å². The summed E-state index contributed by atoms with van der Waals surface area (Å²) < 4.78 is 0.118. The van der Waals surface area contributed by atoms with Crippen LogP contribution in [0.15, 0.2) is 18.2 Å². The normalized spacial score (nSPS) is 22.9. The van der Waals surface area contributed by atoms with Crippen LogP contribution >= 0.6 is 0 Å². The first-order valence-corrected chi connectivity index (χ1v) is 6.64. The second-order valence-electron chi connectivity index (χ2n) is 4.57. The van der Waals surface area contributed by atoms with Gasteiger partial charge < -0.3 is 0 Å². The molecule has 0 saturated heterocycles. The number of benzene rings is 1. The average molecular weight is 309 g/mol. The Kier molecular flexibility index (Phi) is 3.71. The van der Waals surface area contributed by atoms with Gasteiger partial charge in [-0.05, 0) is 31.1 Å². The van der Waals surface area contributed by atoms with Crippen LogP contribution in [0.2, 0.25) is 0 Å². The minimum atomic E-state index is -1.17. The van der Waals surface area contributed by atoms with Crippen LogP contribution in [0.5, 0.6) is 0 Å². The third kappa shape index (κ3) is 2.72. The van der Waals surface area contributed by atoms with Gasteiger partial charge in [0, 0.05) is 0 Å². The van der Waals surface area contributed by atoms with Crippen molar-refractivity contribution < 1.29 is 14.8 Å². The Morgan fingerprint density at radius 2 is 2.00 bits per heavy atom. The van der Waals surface area contributed by atoms with Crippen molar-refractivity contribution in [1.82, 2.24) is 0 Å². The molecule has 18 heavy (non-hydrogen) atoms. The molecular weight excluding hydrogens is 297 g/mol. The molecule has 2 atom stereocenters. The summed E-state index contributed by atoms with van der Waals surface area (Å²) in [4.78, 5) is 20.4. The number of carbonyl (C=O) groups is 1. The van der Waals surface area contributed by atoms with Gasteiger partial charge in [0.25, 0.3) is 0 Å². The molecule has 5 nitrogen and oxygen atoms in total. The number of fused-ring (bicyclic) bond motifs is 1. The van der Waals surface area contributed by atoms with Gasteiger partial charge in [-0.25, -0.2) is 0 Å². The van der Waals surface area contributed by atoms with Gasteiger partial charge in [0.15, 0.2) is 0 Å². The Bertz CT molecular complexity index is 459. The summed E-state index contributed by atoms with van der Waals surface area (Å²) in [6.07, 6.45) is 4.70. The zero-order valence-corrected chi connectivity index (χ0v) is 11.5. The van der Waals surface area contributed by atoms with Gasteiger partial charge in [-0.2, -0.15) is 0 Å². The molecule has 2 radical (unpaired) electrons. The third-order valence-electron chi connectivity index (χ3n) is 3.42.